The summed E-state index contributed by atoms with van der Waals surface area (Å²) in [5, 5.41) is 22.8. The van der Waals surface area contributed by atoms with Crippen LogP contribution < -0.4 is 10.1 Å². The van der Waals surface area contributed by atoms with Crippen LogP contribution in [-0.2, 0) is 11.2 Å². The predicted molar refractivity (Wildman–Crippen MR) is 95.1 cm³/mol. The lowest BCUT2D eigenvalue weighted by Gasteiger charge is -2.27. The molecule has 3 N–H and O–H groups in total. The van der Waals surface area contributed by atoms with Crippen molar-refractivity contribution in [2.45, 2.75) is 25.5 Å². The Bertz CT molecular complexity index is 804. The quantitative estimate of drug-likeness (QED) is 0.796. The highest BCUT2D eigenvalue weighted by Gasteiger charge is 2.38. The third kappa shape index (κ3) is 3.53. The highest BCUT2D eigenvalue weighted by Crippen LogP contribution is 2.44. The van der Waals surface area contributed by atoms with Gasteiger partial charge in [0.05, 0.1) is 6.04 Å². The van der Waals surface area contributed by atoms with Crippen molar-refractivity contribution in [1.29, 1.82) is 0 Å². The first kappa shape index (κ1) is 17.1. The Balaban J connectivity index is 1.94. The van der Waals surface area contributed by atoms with Crippen molar-refractivity contribution in [3.05, 3.63) is 47.5 Å². The zero-order valence-electron chi connectivity index (χ0n) is 14.5. The molecule has 25 heavy (non-hydrogen) atoms. The van der Waals surface area contributed by atoms with E-state index in [1.165, 1.54) is 13.0 Å². The van der Waals surface area contributed by atoms with Gasteiger partial charge in [0.2, 0.25) is 5.91 Å². The van der Waals surface area contributed by atoms with E-state index in [9.17, 15) is 15.0 Å². The van der Waals surface area contributed by atoms with E-state index in [-0.39, 0.29) is 29.6 Å². The van der Waals surface area contributed by atoms with Crippen molar-refractivity contribution in [1.82, 2.24) is 4.90 Å². The lowest BCUT2D eigenvalue weighted by Crippen LogP contribution is -2.34. The van der Waals surface area contributed by atoms with Crippen LogP contribution in [0.1, 0.15) is 24.2 Å². The molecule has 0 spiro atoms. The standard InChI is InChI=1S/C19H22N2O4/c1-11(22)20-13-5-4-6-15(9-13)25-19-16(21(2)3)8-12-7-14(23)10-17(24)18(12)19/h4-7,9-10,16,19,23-24H,8H2,1-3H3,(H,20,22). The molecule has 0 aromatic heterocycles. The van der Waals surface area contributed by atoms with Crippen molar-refractivity contribution in [2.24, 2.45) is 0 Å². The van der Waals surface area contributed by atoms with Crippen LogP contribution in [-0.4, -0.2) is 41.2 Å². The number of aromatic hydroxyl groups is 2. The maximum Gasteiger partial charge on any atom is 0.221 e. The SMILES string of the molecule is CC(=O)Nc1cccc(OC2c3c(O)cc(O)cc3CC2N(C)C)c1. The van der Waals surface area contributed by atoms with Gasteiger partial charge >= 0.3 is 0 Å². The molecule has 132 valence electrons. The minimum absolute atomic E-state index is 0.0205. The monoisotopic (exact) mass is 342 g/mol. The van der Waals surface area contributed by atoms with Crippen molar-refractivity contribution >= 4 is 11.6 Å². The van der Waals surface area contributed by atoms with E-state index in [1.54, 1.807) is 24.3 Å². The molecule has 6 nitrogen and oxygen atoms in total. The minimum atomic E-state index is -0.377. The third-order valence-corrected chi connectivity index (χ3v) is 4.37. The summed E-state index contributed by atoms with van der Waals surface area (Å²) in [4.78, 5) is 13.3. The van der Waals surface area contributed by atoms with Gasteiger partial charge in [0, 0.05) is 30.3 Å². The summed E-state index contributed by atoms with van der Waals surface area (Å²) in [5.74, 6) is 0.524. The topological polar surface area (TPSA) is 82.0 Å². The Morgan fingerprint density at radius 2 is 2.00 bits per heavy atom. The molecule has 2 aromatic rings. The molecule has 0 saturated carbocycles. The van der Waals surface area contributed by atoms with E-state index in [4.69, 9.17) is 4.74 Å². The average molecular weight is 342 g/mol. The summed E-state index contributed by atoms with van der Waals surface area (Å²) in [6.07, 6.45) is 0.290. The van der Waals surface area contributed by atoms with E-state index in [2.05, 4.69) is 5.32 Å². The first-order valence-electron chi connectivity index (χ1n) is 8.10. The van der Waals surface area contributed by atoms with E-state index in [0.717, 1.165) is 5.56 Å². The van der Waals surface area contributed by atoms with Crippen LogP contribution >= 0.6 is 0 Å². The summed E-state index contributed by atoms with van der Waals surface area (Å²) in [7, 11) is 3.91. The molecule has 0 heterocycles. The highest BCUT2D eigenvalue weighted by molar-refractivity contribution is 5.88. The summed E-state index contributed by atoms with van der Waals surface area (Å²) >= 11 is 0. The van der Waals surface area contributed by atoms with Crippen LogP contribution in [0.15, 0.2) is 36.4 Å². The molecule has 1 amide bonds. The summed E-state index contributed by atoms with van der Waals surface area (Å²) < 4.78 is 6.18. The lowest BCUT2D eigenvalue weighted by molar-refractivity contribution is -0.114. The van der Waals surface area contributed by atoms with Crippen LogP contribution in [0.5, 0.6) is 17.2 Å². The van der Waals surface area contributed by atoms with E-state index < -0.39 is 0 Å². The second-order valence-electron chi connectivity index (χ2n) is 6.52. The number of amides is 1. The highest BCUT2D eigenvalue weighted by atomic mass is 16.5. The average Bonchev–Trinajstić information content (AvgIpc) is 2.85. The number of benzene rings is 2. The summed E-state index contributed by atoms with van der Waals surface area (Å²) in [6.45, 7) is 1.45. The first-order valence-corrected chi connectivity index (χ1v) is 8.10. The van der Waals surface area contributed by atoms with Gasteiger partial charge < -0.3 is 25.2 Å². The predicted octanol–water partition coefficient (Wildman–Crippen LogP) is 2.66. The molecule has 2 unspecified atom stereocenters. The number of hydrogen-bond acceptors (Lipinski definition) is 5. The first-order chi connectivity index (χ1) is 11.8. The molecule has 0 saturated heterocycles. The number of phenolic OH excluding ortho intramolecular Hbond substituents is 2. The van der Waals surface area contributed by atoms with Gasteiger partial charge in [0.15, 0.2) is 0 Å². The number of nitrogens with zero attached hydrogens (tertiary/aromatic N) is 1. The summed E-state index contributed by atoms with van der Waals surface area (Å²) in [6, 6.07) is 10.2. The van der Waals surface area contributed by atoms with Gasteiger partial charge in [-0.05, 0) is 44.3 Å². The fourth-order valence-electron chi connectivity index (χ4n) is 3.29. The van der Waals surface area contributed by atoms with E-state index >= 15 is 0 Å². The van der Waals surface area contributed by atoms with Crippen molar-refractivity contribution in [3.8, 4) is 17.2 Å². The molecule has 6 heteroatoms. The number of carbonyl (C=O) groups excluding carboxylic acids is 1. The number of likely N-dealkylation sites (N-methyl/N-ethyl adjacent to an activating group) is 1. The fraction of sp³-hybridized carbons (Fsp3) is 0.316. The van der Waals surface area contributed by atoms with Crippen molar-refractivity contribution in [3.63, 3.8) is 0 Å². The fourth-order valence-corrected chi connectivity index (χ4v) is 3.29. The van der Waals surface area contributed by atoms with Crippen LogP contribution in [0.4, 0.5) is 5.69 Å². The number of hydrogen-bond donors (Lipinski definition) is 3. The molecule has 0 radical (unpaired) electrons. The van der Waals surface area contributed by atoms with Crippen LogP contribution in [0.25, 0.3) is 0 Å². The second kappa shape index (κ2) is 6.64. The normalized spacial score (nSPS) is 18.9. The Hall–Kier alpha value is -2.73. The molecular formula is C19H22N2O4. The van der Waals surface area contributed by atoms with Gasteiger partial charge in [0.1, 0.15) is 23.4 Å². The van der Waals surface area contributed by atoms with Gasteiger partial charge in [0.25, 0.3) is 0 Å². The molecule has 2 atom stereocenters. The Kier molecular flexibility index (Phi) is 4.55. The number of phenols is 2. The van der Waals surface area contributed by atoms with Gasteiger partial charge in [-0.2, -0.15) is 0 Å². The number of carbonyl (C=O) groups is 1. The molecule has 0 fully saturated rings. The zero-order chi connectivity index (χ0) is 18.1. The van der Waals surface area contributed by atoms with Crippen LogP contribution in [0.2, 0.25) is 0 Å². The van der Waals surface area contributed by atoms with Gasteiger partial charge in [-0.15, -0.1) is 0 Å². The van der Waals surface area contributed by atoms with Crippen LogP contribution in [0.3, 0.4) is 0 Å². The number of fused-ring (bicyclic) bond motifs is 1. The molecule has 0 aliphatic heterocycles. The van der Waals surface area contributed by atoms with Gasteiger partial charge in [-0.25, -0.2) is 0 Å². The van der Waals surface area contributed by atoms with Gasteiger partial charge in [-0.3, -0.25) is 4.79 Å². The molecule has 1 aliphatic carbocycles. The summed E-state index contributed by atoms with van der Waals surface area (Å²) in [5.41, 5.74) is 2.22. The molecule has 1 aliphatic rings. The Morgan fingerprint density at radius 1 is 1.24 bits per heavy atom. The van der Waals surface area contributed by atoms with Crippen molar-refractivity contribution in [2.75, 3.05) is 19.4 Å². The number of rotatable bonds is 4. The smallest absolute Gasteiger partial charge is 0.221 e. The molecular weight excluding hydrogens is 320 g/mol. The molecule has 3 rings (SSSR count). The Morgan fingerprint density at radius 3 is 2.68 bits per heavy atom. The lowest BCUT2D eigenvalue weighted by atomic mass is 10.1. The molecule has 0 bridgehead atoms. The molecule has 2 aromatic carbocycles. The van der Waals surface area contributed by atoms with Crippen molar-refractivity contribution < 1.29 is 19.7 Å². The zero-order valence-corrected chi connectivity index (χ0v) is 14.5. The number of anilines is 1. The van der Waals surface area contributed by atoms with E-state index in [0.29, 0.717) is 23.4 Å². The maximum absolute atomic E-state index is 11.2. The number of nitrogens with one attached hydrogen (secondary N) is 1. The largest absolute Gasteiger partial charge is 0.508 e. The van der Waals surface area contributed by atoms with Gasteiger partial charge in [-0.1, -0.05) is 6.07 Å². The second-order valence-corrected chi connectivity index (χ2v) is 6.52. The minimum Gasteiger partial charge on any atom is -0.508 e. The Labute approximate surface area is 146 Å². The third-order valence-electron chi connectivity index (χ3n) is 4.37. The van der Waals surface area contributed by atoms with E-state index in [1.807, 2.05) is 25.1 Å². The maximum atomic E-state index is 11.2. The van der Waals surface area contributed by atoms with Crippen LogP contribution in [0, 0.1) is 0 Å². The number of ether oxygens (including phenoxy) is 1.